The molecule has 7 heteroatoms. The normalized spacial score (nSPS) is 13.2. The summed E-state index contributed by atoms with van der Waals surface area (Å²) in [6, 6.07) is 8.32. The molecule has 138 valence electrons. The van der Waals surface area contributed by atoms with Gasteiger partial charge >= 0.3 is 0 Å². The van der Waals surface area contributed by atoms with Gasteiger partial charge in [-0.05, 0) is 50.6 Å². The van der Waals surface area contributed by atoms with Crippen molar-refractivity contribution in [3.8, 4) is 0 Å². The molecule has 0 bridgehead atoms. The minimum Gasteiger partial charge on any atom is -0.325 e. The molecule has 0 aliphatic rings. The molecule has 0 heterocycles. The Morgan fingerprint density at radius 1 is 1.08 bits per heavy atom. The maximum Gasteiger partial charge on any atom is 0.241 e. The molecule has 0 aliphatic heterocycles. The van der Waals surface area contributed by atoms with E-state index >= 15 is 0 Å². The van der Waals surface area contributed by atoms with Gasteiger partial charge in [0, 0.05) is 22.3 Å². The van der Waals surface area contributed by atoms with Crippen LogP contribution in [-0.2, 0) is 4.79 Å². The Kier molecular flexibility index (Phi) is 6.75. The quantitative estimate of drug-likeness (QED) is 0.532. The lowest BCUT2D eigenvalue weighted by atomic mass is 10.1. The second-order valence-electron chi connectivity index (χ2n) is 6.02. The monoisotopic (exact) mass is 396 g/mol. The van der Waals surface area contributed by atoms with E-state index in [4.69, 9.17) is 23.2 Å². The Morgan fingerprint density at radius 2 is 1.77 bits per heavy atom. The molecule has 2 rings (SSSR count). The summed E-state index contributed by atoms with van der Waals surface area (Å²) in [5.41, 5.74) is 1.55. The van der Waals surface area contributed by atoms with Crippen LogP contribution in [0.15, 0.2) is 36.4 Å². The summed E-state index contributed by atoms with van der Waals surface area (Å²) in [7, 11) is 0. The average molecular weight is 397 g/mol. The molecule has 0 saturated heterocycles. The van der Waals surface area contributed by atoms with Crippen LogP contribution in [0.1, 0.15) is 42.7 Å². The molecule has 0 spiro atoms. The number of carbonyl (C=O) groups is 2. The molecular weight excluding hydrogens is 378 g/mol. The fraction of sp³-hybridized carbons (Fsp3) is 0.263. The van der Waals surface area contributed by atoms with Crippen molar-refractivity contribution in [2.24, 2.45) is 0 Å². The highest BCUT2D eigenvalue weighted by atomic mass is 35.5. The van der Waals surface area contributed by atoms with Crippen molar-refractivity contribution in [1.29, 1.82) is 0 Å². The Balaban J connectivity index is 2.06. The zero-order chi connectivity index (χ0) is 19.4. The van der Waals surface area contributed by atoms with Crippen LogP contribution in [-0.4, -0.2) is 17.7 Å². The van der Waals surface area contributed by atoms with E-state index in [-0.39, 0.29) is 22.8 Å². The van der Waals surface area contributed by atoms with Gasteiger partial charge in [0.2, 0.25) is 5.91 Å². The predicted molar refractivity (Wildman–Crippen MR) is 103 cm³/mol. The van der Waals surface area contributed by atoms with Gasteiger partial charge in [0.15, 0.2) is 5.78 Å². The molecule has 0 fully saturated rings. The minimum atomic E-state index is -0.583. The first-order valence-corrected chi connectivity index (χ1v) is 8.77. The molecular formula is C19H19Cl2FN2O2. The maximum atomic E-state index is 13.7. The van der Waals surface area contributed by atoms with Crippen LogP contribution in [0.4, 0.5) is 10.1 Å². The van der Waals surface area contributed by atoms with Gasteiger partial charge in [-0.15, -0.1) is 0 Å². The number of anilines is 1. The van der Waals surface area contributed by atoms with Gasteiger partial charge in [0.1, 0.15) is 5.82 Å². The fourth-order valence-electron chi connectivity index (χ4n) is 2.48. The van der Waals surface area contributed by atoms with Crippen LogP contribution in [0.5, 0.6) is 0 Å². The van der Waals surface area contributed by atoms with Crippen LogP contribution in [0.25, 0.3) is 0 Å². The maximum absolute atomic E-state index is 13.7. The topological polar surface area (TPSA) is 58.2 Å². The van der Waals surface area contributed by atoms with E-state index in [0.717, 1.165) is 0 Å². The average Bonchev–Trinajstić information content (AvgIpc) is 2.58. The zero-order valence-corrected chi connectivity index (χ0v) is 16.1. The summed E-state index contributed by atoms with van der Waals surface area (Å²) in [6.07, 6.45) is 0. The van der Waals surface area contributed by atoms with E-state index in [2.05, 4.69) is 10.6 Å². The summed E-state index contributed by atoms with van der Waals surface area (Å²) in [5.74, 6) is -0.943. The first-order valence-electron chi connectivity index (χ1n) is 8.01. The Morgan fingerprint density at radius 3 is 2.42 bits per heavy atom. The van der Waals surface area contributed by atoms with Crippen molar-refractivity contribution >= 4 is 40.6 Å². The van der Waals surface area contributed by atoms with E-state index in [0.29, 0.717) is 21.8 Å². The molecule has 4 nitrogen and oxygen atoms in total. The van der Waals surface area contributed by atoms with Crippen LogP contribution in [0, 0.1) is 5.82 Å². The van der Waals surface area contributed by atoms with E-state index in [1.54, 1.807) is 38.1 Å². The number of halogens is 3. The van der Waals surface area contributed by atoms with Crippen LogP contribution in [0.2, 0.25) is 10.0 Å². The Bertz CT molecular complexity index is 842. The van der Waals surface area contributed by atoms with Gasteiger partial charge in [-0.3, -0.25) is 14.9 Å². The van der Waals surface area contributed by atoms with Crippen molar-refractivity contribution in [3.63, 3.8) is 0 Å². The zero-order valence-electron chi connectivity index (χ0n) is 14.6. The number of rotatable bonds is 6. The number of benzene rings is 2. The number of Topliss-reactive ketones (excluding diaryl/α,β-unsaturated/α-hetero) is 1. The Hall–Kier alpha value is -1.95. The number of ketones is 1. The van der Waals surface area contributed by atoms with Gasteiger partial charge < -0.3 is 5.32 Å². The van der Waals surface area contributed by atoms with Crippen LogP contribution in [0.3, 0.4) is 0 Å². The summed E-state index contributed by atoms with van der Waals surface area (Å²) in [6.45, 7) is 4.91. The number of hydrogen-bond acceptors (Lipinski definition) is 3. The third kappa shape index (κ3) is 5.04. The summed E-state index contributed by atoms with van der Waals surface area (Å²) >= 11 is 11.8. The van der Waals surface area contributed by atoms with Crippen molar-refractivity contribution in [1.82, 2.24) is 5.32 Å². The number of carbonyl (C=O) groups excluding carboxylic acids is 2. The molecule has 0 radical (unpaired) electrons. The third-order valence-corrected chi connectivity index (χ3v) is 4.55. The van der Waals surface area contributed by atoms with E-state index < -0.39 is 11.9 Å². The molecule has 0 unspecified atom stereocenters. The minimum absolute atomic E-state index is 0.0536. The van der Waals surface area contributed by atoms with Crippen LogP contribution >= 0.6 is 23.2 Å². The Labute approximate surface area is 161 Å². The molecule has 1 amide bonds. The highest BCUT2D eigenvalue weighted by Crippen LogP contribution is 2.28. The highest BCUT2D eigenvalue weighted by molar-refractivity contribution is 6.35. The molecule has 0 aliphatic carbocycles. The second-order valence-corrected chi connectivity index (χ2v) is 6.84. The lowest BCUT2D eigenvalue weighted by molar-refractivity contribution is -0.117. The fourth-order valence-corrected chi connectivity index (χ4v) is 3.02. The SMILES string of the molecule is CC(=O)c1cccc(NC(=O)[C@H](C)N[C@H](C)c2cc(F)c(Cl)cc2Cl)c1. The van der Waals surface area contributed by atoms with E-state index in [1.165, 1.54) is 19.1 Å². The predicted octanol–water partition coefficient (Wildman–Crippen LogP) is 5.01. The first-order chi connectivity index (χ1) is 12.2. The summed E-state index contributed by atoms with van der Waals surface area (Å²) in [4.78, 5) is 23.8. The largest absolute Gasteiger partial charge is 0.325 e. The standard InChI is InChI=1S/C19H19Cl2FN2O2/c1-10(15-8-18(22)17(21)9-16(15)20)23-11(2)19(26)24-14-6-4-5-13(7-14)12(3)25/h4-11,23H,1-3H3,(H,24,26)/t10-,11+/m1/s1. The second kappa shape index (κ2) is 8.62. The van der Waals surface area contributed by atoms with E-state index in [1.807, 2.05) is 0 Å². The molecule has 2 atom stereocenters. The lowest BCUT2D eigenvalue weighted by Gasteiger charge is -2.21. The first kappa shape index (κ1) is 20.4. The number of hydrogen-bond donors (Lipinski definition) is 2. The van der Waals surface area contributed by atoms with E-state index in [9.17, 15) is 14.0 Å². The van der Waals surface area contributed by atoms with Crippen molar-refractivity contribution in [3.05, 3.63) is 63.4 Å². The smallest absolute Gasteiger partial charge is 0.241 e. The molecule has 0 saturated carbocycles. The van der Waals surface area contributed by atoms with Gasteiger partial charge in [0.25, 0.3) is 0 Å². The van der Waals surface area contributed by atoms with Gasteiger partial charge in [-0.1, -0.05) is 35.3 Å². The third-order valence-electron chi connectivity index (χ3n) is 3.94. The van der Waals surface area contributed by atoms with Gasteiger partial charge in [-0.25, -0.2) is 4.39 Å². The van der Waals surface area contributed by atoms with Crippen molar-refractivity contribution < 1.29 is 14.0 Å². The van der Waals surface area contributed by atoms with Gasteiger partial charge in [-0.2, -0.15) is 0 Å². The highest BCUT2D eigenvalue weighted by Gasteiger charge is 2.19. The molecule has 2 aromatic rings. The number of nitrogens with one attached hydrogen (secondary N) is 2. The van der Waals surface area contributed by atoms with Gasteiger partial charge in [0.05, 0.1) is 11.1 Å². The number of amides is 1. The molecule has 2 N–H and O–H groups in total. The molecule has 2 aromatic carbocycles. The van der Waals surface area contributed by atoms with Crippen molar-refractivity contribution in [2.45, 2.75) is 32.9 Å². The van der Waals surface area contributed by atoms with Crippen molar-refractivity contribution in [2.75, 3.05) is 5.32 Å². The summed E-state index contributed by atoms with van der Waals surface area (Å²) < 4.78 is 13.7. The lowest BCUT2D eigenvalue weighted by Crippen LogP contribution is -2.39. The summed E-state index contributed by atoms with van der Waals surface area (Å²) in [5, 5.41) is 6.08. The van der Waals surface area contributed by atoms with Crippen LogP contribution < -0.4 is 10.6 Å². The molecule has 0 aromatic heterocycles. The molecule has 26 heavy (non-hydrogen) atoms.